The van der Waals surface area contributed by atoms with Gasteiger partial charge in [0.1, 0.15) is 6.10 Å². The predicted molar refractivity (Wildman–Crippen MR) is 66.8 cm³/mol. The molecule has 1 aromatic heterocycles. The first-order valence-electron chi connectivity index (χ1n) is 5.20. The first kappa shape index (κ1) is 12.2. The number of aliphatic hydroxyl groups excluding tert-OH is 2. The van der Waals surface area contributed by atoms with Crippen LogP contribution in [-0.2, 0) is 0 Å². The summed E-state index contributed by atoms with van der Waals surface area (Å²) in [6.07, 6.45) is -0.214. The van der Waals surface area contributed by atoms with Crippen molar-refractivity contribution in [2.45, 2.75) is 12.2 Å². The smallest absolute Gasteiger partial charge is 0.166 e. The van der Waals surface area contributed by atoms with Crippen molar-refractivity contribution in [1.82, 2.24) is 5.16 Å². The molecule has 4 nitrogen and oxygen atoms in total. The number of hydrogen-bond donors (Lipinski definition) is 3. The molecule has 0 saturated heterocycles. The van der Waals surface area contributed by atoms with Gasteiger partial charge in [0.15, 0.2) is 5.76 Å². The van der Waals surface area contributed by atoms with Crippen LogP contribution in [0.4, 0.5) is 0 Å². The number of hydrogen-bond acceptors (Lipinski definition) is 5. The Balaban J connectivity index is 2.18. The highest BCUT2D eigenvalue weighted by atomic mass is 32.1. The number of rotatable bonds is 4. The topological polar surface area (TPSA) is 66.5 Å². The van der Waals surface area contributed by atoms with Crippen LogP contribution in [0.3, 0.4) is 0 Å². The molecule has 2 rings (SSSR count). The fourth-order valence-electron chi connectivity index (χ4n) is 1.53. The average Bonchev–Trinajstić information content (AvgIpc) is 2.91. The number of benzene rings is 1. The lowest BCUT2D eigenvalue weighted by molar-refractivity contribution is 0.0338. The lowest BCUT2D eigenvalue weighted by atomic mass is 10.0. The molecule has 2 N–H and O–H groups in total. The summed E-state index contributed by atoms with van der Waals surface area (Å²) in [5.74, 6) is 0.881. The summed E-state index contributed by atoms with van der Waals surface area (Å²) < 4.78 is 5.01. The fourth-order valence-corrected chi connectivity index (χ4v) is 1.73. The summed E-state index contributed by atoms with van der Waals surface area (Å²) in [7, 11) is 0. The van der Waals surface area contributed by atoms with Crippen LogP contribution in [0.5, 0.6) is 0 Å². The van der Waals surface area contributed by atoms with Crippen LogP contribution in [-0.4, -0.2) is 27.2 Å². The Hall–Kier alpha value is -1.30. The van der Waals surface area contributed by atoms with Gasteiger partial charge in [0.2, 0.25) is 0 Å². The minimum atomic E-state index is -0.920. The van der Waals surface area contributed by atoms with Gasteiger partial charge >= 0.3 is 0 Å². The summed E-state index contributed by atoms with van der Waals surface area (Å²) >= 11 is 3.94. The molecule has 0 bridgehead atoms. The molecule has 17 heavy (non-hydrogen) atoms. The van der Waals surface area contributed by atoms with Gasteiger partial charge < -0.3 is 14.7 Å². The largest absolute Gasteiger partial charge is 0.389 e. The van der Waals surface area contributed by atoms with Crippen LogP contribution in [0.2, 0.25) is 0 Å². The van der Waals surface area contributed by atoms with Crippen molar-refractivity contribution >= 4 is 12.6 Å². The van der Waals surface area contributed by atoms with Crippen molar-refractivity contribution in [3.05, 3.63) is 42.1 Å². The zero-order valence-corrected chi connectivity index (χ0v) is 9.92. The van der Waals surface area contributed by atoms with Gasteiger partial charge in [0, 0.05) is 17.4 Å². The zero-order valence-electron chi connectivity index (χ0n) is 9.02. The summed E-state index contributed by atoms with van der Waals surface area (Å²) in [4.78, 5) is 0. The first-order chi connectivity index (χ1) is 8.22. The molecular formula is C12H13NO3S. The second kappa shape index (κ2) is 5.35. The van der Waals surface area contributed by atoms with Gasteiger partial charge in [0.05, 0.1) is 12.3 Å². The molecule has 0 saturated carbocycles. The number of thiol groups is 1. The average molecular weight is 251 g/mol. The molecule has 1 heterocycles. The lowest BCUT2D eigenvalue weighted by Gasteiger charge is -2.16. The Morgan fingerprint density at radius 3 is 2.41 bits per heavy atom. The van der Waals surface area contributed by atoms with E-state index in [0.717, 1.165) is 5.56 Å². The monoisotopic (exact) mass is 251 g/mol. The van der Waals surface area contributed by atoms with Gasteiger partial charge in [-0.2, -0.15) is 12.6 Å². The third-order valence-corrected chi connectivity index (χ3v) is 2.90. The van der Waals surface area contributed by atoms with E-state index < -0.39 is 12.2 Å². The molecule has 0 radical (unpaired) electrons. The Labute approximate surface area is 104 Å². The highest BCUT2D eigenvalue weighted by molar-refractivity contribution is 7.80. The first-order valence-corrected chi connectivity index (χ1v) is 5.83. The van der Waals surface area contributed by atoms with Crippen LogP contribution < -0.4 is 0 Å². The van der Waals surface area contributed by atoms with Gasteiger partial charge in [-0.15, -0.1) is 0 Å². The normalized spacial score (nSPS) is 14.5. The van der Waals surface area contributed by atoms with Crippen molar-refractivity contribution < 1.29 is 14.7 Å². The van der Waals surface area contributed by atoms with E-state index in [1.165, 1.54) is 0 Å². The summed E-state index contributed by atoms with van der Waals surface area (Å²) in [5, 5.41) is 22.9. The highest BCUT2D eigenvalue weighted by Crippen LogP contribution is 2.23. The zero-order chi connectivity index (χ0) is 12.3. The Bertz CT molecular complexity index is 455. The molecule has 2 aromatic rings. The van der Waals surface area contributed by atoms with Crippen LogP contribution in [0.1, 0.15) is 11.7 Å². The molecule has 0 amide bonds. The van der Waals surface area contributed by atoms with Crippen molar-refractivity contribution in [3.8, 4) is 11.3 Å². The third kappa shape index (κ3) is 2.69. The molecule has 0 aliphatic rings. The van der Waals surface area contributed by atoms with E-state index in [1.807, 2.05) is 12.1 Å². The SMILES string of the molecule is OC(CS)C(O)c1ccc(-c2ccno2)cc1. The second-order valence-electron chi connectivity index (χ2n) is 3.69. The number of aliphatic hydroxyl groups is 2. The van der Waals surface area contributed by atoms with Crippen molar-refractivity contribution in [2.24, 2.45) is 0 Å². The van der Waals surface area contributed by atoms with Gasteiger partial charge in [-0.25, -0.2) is 0 Å². The van der Waals surface area contributed by atoms with Gasteiger partial charge in [0.25, 0.3) is 0 Å². The number of nitrogens with zero attached hydrogens (tertiary/aromatic N) is 1. The quantitative estimate of drug-likeness (QED) is 0.723. The lowest BCUT2D eigenvalue weighted by Crippen LogP contribution is -2.19. The van der Waals surface area contributed by atoms with E-state index >= 15 is 0 Å². The second-order valence-corrected chi connectivity index (χ2v) is 4.06. The van der Waals surface area contributed by atoms with Crippen LogP contribution in [0.25, 0.3) is 11.3 Å². The third-order valence-electron chi connectivity index (χ3n) is 2.53. The Morgan fingerprint density at radius 2 is 1.88 bits per heavy atom. The minimum Gasteiger partial charge on any atom is -0.389 e. The molecular weight excluding hydrogens is 238 g/mol. The van der Waals surface area contributed by atoms with Gasteiger partial charge in [-0.3, -0.25) is 0 Å². The van der Waals surface area contributed by atoms with Crippen molar-refractivity contribution in [2.75, 3.05) is 5.75 Å². The van der Waals surface area contributed by atoms with E-state index in [-0.39, 0.29) is 5.75 Å². The van der Waals surface area contributed by atoms with E-state index in [0.29, 0.717) is 11.3 Å². The molecule has 0 aliphatic heterocycles. The summed E-state index contributed by atoms with van der Waals surface area (Å²) in [6.45, 7) is 0. The van der Waals surface area contributed by atoms with E-state index in [4.69, 9.17) is 4.52 Å². The molecule has 5 heteroatoms. The van der Waals surface area contributed by atoms with Crippen LogP contribution in [0, 0.1) is 0 Å². The predicted octanol–water partition coefficient (Wildman–Crippen LogP) is 1.67. The standard InChI is InChI=1S/C12H13NO3S/c14-10(7-17)12(15)9-3-1-8(2-4-9)11-5-6-13-16-11/h1-6,10,12,14-15,17H,7H2. The molecule has 0 fully saturated rings. The van der Waals surface area contributed by atoms with Crippen molar-refractivity contribution in [1.29, 1.82) is 0 Å². The van der Waals surface area contributed by atoms with E-state index in [1.54, 1.807) is 24.4 Å². The molecule has 0 spiro atoms. The maximum absolute atomic E-state index is 9.78. The van der Waals surface area contributed by atoms with E-state index in [9.17, 15) is 10.2 Å². The molecule has 2 unspecified atom stereocenters. The van der Waals surface area contributed by atoms with Gasteiger partial charge in [-0.1, -0.05) is 29.4 Å². The number of aromatic nitrogens is 1. The fraction of sp³-hybridized carbons (Fsp3) is 0.250. The molecule has 2 atom stereocenters. The van der Waals surface area contributed by atoms with Gasteiger partial charge in [-0.05, 0) is 5.56 Å². The maximum atomic E-state index is 9.78. The van der Waals surface area contributed by atoms with Crippen molar-refractivity contribution in [3.63, 3.8) is 0 Å². The summed E-state index contributed by atoms with van der Waals surface area (Å²) in [6, 6.07) is 8.87. The maximum Gasteiger partial charge on any atom is 0.166 e. The highest BCUT2D eigenvalue weighted by Gasteiger charge is 2.16. The minimum absolute atomic E-state index is 0.213. The van der Waals surface area contributed by atoms with Crippen LogP contribution >= 0.6 is 12.6 Å². The molecule has 1 aromatic carbocycles. The van der Waals surface area contributed by atoms with Crippen LogP contribution in [0.15, 0.2) is 41.1 Å². The Kier molecular flexibility index (Phi) is 3.83. The molecule has 90 valence electrons. The summed E-state index contributed by atoms with van der Waals surface area (Å²) in [5.41, 5.74) is 1.52. The Morgan fingerprint density at radius 1 is 1.18 bits per heavy atom. The molecule has 0 aliphatic carbocycles. The van der Waals surface area contributed by atoms with E-state index in [2.05, 4.69) is 17.8 Å².